The smallest absolute Gasteiger partial charge is 0.419 e. The zero-order chi connectivity index (χ0) is 11.6. The van der Waals surface area contributed by atoms with E-state index in [0.29, 0.717) is 0 Å². The molecule has 0 N–H and O–H groups in total. The number of imidazole rings is 1. The number of ether oxygens (including phenoxy) is 1. The third-order valence-corrected chi connectivity index (χ3v) is 2.65. The molecule has 1 aliphatic carbocycles. The van der Waals surface area contributed by atoms with Gasteiger partial charge in [-0.1, -0.05) is 0 Å². The van der Waals surface area contributed by atoms with Gasteiger partial charge in [-0.05, 0) is 12.8 Å². The fourth-order valence-corrected chi connectivity index (χ4v) is 1.70. The van der Waals surface area contributed by atoms with Crippen LogP contribution in [0.15, 0.2) is 18.7 Å². The number of nitrogens with zero attached hydrogens (tertiary/aromatic N) is 2. The van der Waals surface area contributed by atoms with Crippen molar-refractivity contribution in [2.45, 2.75) is 37.7 Å². The molecule has 1 fully saturated rings. The lowest BCUT2D eigenvalue weighted by Gasteiger charge is -2.27. The van der Waals surface area contributed by atoms with Gasteiger partial charge in [0.1, 0.15) is 12.4 Å². The highest BCUT2D eigenvalue weighted by Crippen LogP contribution is 2.34. The van der Waals surface area contributed by atoms with E-state index in [9.17, 15) is 13.6 Å². The number of rotatable bonds is 1. The van der Waals surface area contributed by atoms with Crippen LogP contribution in [-0.4, -0.2) is 27.7 Å². The summed E-state index contributed by atoms with van der Waals surface area (Å²) in [5, 5.41) is 0. The average molecular weight is 230 g/mol. The summed E-state index contributed by atoms with van der Waals surface area (Å²) in [7, 11) is 0. The second kappa shape index (κ2) is 4.19. The molecule has 0 saturated heterocycles. The van der Waals surface area contributed by atoms with E-state index in [1.54, 1.807) is 0 Å². The number of halogens is 2. The third kappa shape index (κ3) is 2.56. The van der Waals surface area contributed by atoms with Gasteiger partial charge in [0.25, 0.3) is 0 Å². The van der Waals surface area contributed by atoms with Crippen LogP contribution < -0.4 is 0 Å². The van der Waals surface area contributed by atoms with E-state index in [0.717, 1.165) is 0 Å². The number of aromatic nitrogens is 2. The van der Waals surface area contributed by atoms with Crippen molar-refractivity contribution in [1.29, 1.82) is 0 Å². The summed E-state index contributed by atoms with van der Waals surface area (Å²) in [6, 6.07) is 0. The van der Waals surface area contributed by atoms with Gasteiger partial charge in [-0.3, -0.25) is 0 Å². The summed E-state index contributed by atoms with van der Waals surface area (Å²) in [6.45, 7) is 0. The molecular formula is C10H12F2N2O2. The van der Waals surface area contributed by atoms with Crippen molar-refractivity contribution in [2.75, 3.05) is 0 Å². The van der Waals surface area contributed by atoms with Crippen LogP contribution in [-0.2, 0) is 4.74 Å². The largest absolute Gasteiger partial charge is 0.446 e. The van der Waals surface area contributed by atoms with E-state index in [4.69, 9.17) is 4.74 Å². The maximum atomic E-state index is 12.8. The number of alkyl halides is 2. The van der Waals surface area contributed by atoms with Crippen LogP contribution in [0.2, 0.25) is 0 Å². The molecule has 0 aliphatic heterocycles. The number of carbonyl (C=O) groups excluding carboxylic acids is 1. The van der Waals surface area contributed by atoms with Crippen molar-refractivity contribution < 1.29 is 18.3 Å². The first-order chi connectivity index (χ1) is 7.57. The lowest BCUT2D eigenvalue weighted by atomic mass is 9.94. The first-order valence-corrected chi connectivity index (χ1v) is 5.14. The Kier molecular flexibility index (Phi) is 2.89. The van der Waals surface area contributed by atoms with Crippen molar-refractivity contribution in [2.24, 2.45) is 0 Å². The molecule has 1 aromatic heterocycles. The lowest BCUT2D eigenvalue weighted by Crippen LogP contribution is -2.31. The Hall–Kier alpha value is -1.46. The van der Waals surface area contributed by atoms with Crippen LogP contribution in [0.25, 0.3) is 0 Å². The van der Waals surface area contributed by atoms with E-state index in [-0.39, 0.29) is 25.7 Å². The molecule has 2 rings (SSSR count). The Morgan fingerprint density at radius 3 is 2.69 bits per heavy atom. The Morgan fingerprint density at radius 2 is 2.12 bits per heavy atom. The first kappa shape index (κ1) is 11.0. The molecule has 6 heteroatoms. The van der Waals surface area contributed by atoms with Gasteiger partial charge in [0.05, 0.1) is 0 Å². The first-order valence-electron chi connectivity index (χ1n) is 5.14. The van der Waals surface area contributed by atoms with Crippen molar-refractivity contribution in [3.63, 3.8) is 0 Å². The molecule has 1 saturated carbocycles. The second-order valence-electron chi connectivity index (χ2n) is 3.91. The number of hydrogen-bond acceptors (Lipinski definition) is 3. The topological polar surface area (TPSA) is 44.1 Å². The van der Waals surface area contributed by atoms with Crippen LogP contribution in [0.5, 0.6) is 0 Å². The minimum atomic E-state index is -2.60. The molecule has 16 heavy (non-hydrogen) atoms. The van der Waals surface area contributed by atoms with Gasteiger partial charge in [0, 0.05) is 25.2 Å². The predicted molar refractivity (Wildman–Crippen MR) is 51.3 cm³/mol. The molecule has 0 aromatic carbocycles. The summed E-state index contributed by atoms with van der Waals surface area (Å²) in [6.07, 6.45) is 3.27. The molecule has 4 nitrogen and oxygen atoms in total. The SMILES string of the molecule is O=C(OC1CCC(F)(F)CC1)n1ccnc1. The highest BCUT2D eigenvalue weighted by molar-refractivity contribution is 5.70. The quantitative estimate of drug-likeness (QED) is 0.744. The van der Waals surface area contributed by atoms with Crippen LogP contribution in [0.1, 0.15) is 25.7 Å². The van der Waals surface area contributed by atoms with Crippen LogP contribution in [0, 0.1) is 0 Å². The fourth-order valence-electron chi connectivity index (χ4n) is 1.70. The predicted octanol–water partition coefficient (Wildman–Crippen LogP) is 2.45. The van der Waals surface area contributed by atoms with Gasteiger partial charge in [-0.15, -0.1) is 0 Å². The van der Waals surface area contributed by atoms with Crippen molar-refractivity contribution in [3.05, 3.63) is 18.7 Å². The molecule has 0 radical (unpaired) electrons. The Labute approximate surface area is 91.2 Å². The molecule has 1 heterocycles. The fraction of sp³-hybridized carbons (Fsp3) is 0.600. The Bertz CT molecular complexity index is 355. The third-order valence-electron chi connectivity index (χ3n) is 2.65. The molecular weight excluding hydrogens is 218 g/mol. The van der Waals surface area contributed by atoms with E-state index < -0.39 is 18.1 Å². The van der Waals surface area contributed by atoms with Gasteiger partial charge in [-0.2, -0.15) is 0 Å². The molecule has 0 atom stereocenters. The van der Waals surface area contributed by atoms with Crippen molar-refractivity contribution in [3.8, 4) is 0 Å². The molecule has 0 spiro atoms. The lowest BCUT2D eigenvalue weighted by molar-refractivity contribution is -0.0654. The molecule has 1 aromatic rings. The van der Waals surface area contributed by atoms with Crippen molar-refractivity contribution in [1.82, 2.24) is 9.55 Å². The highest BCUT2D eigenvalue weighted by Gasteiger charge is 2.36. The Balaban J connectivity index is 1.85. The minimum Gasteiger partial charge on any atom is -0.446 e. The maximum Gasteiger partial charge on any atom is 0.419 e. The number of carbonyl (C=O) groups is 1. The Morgan fingerprint density at radius 1 is 1.44 bits per heavy atom. The van der Waals surface area contributed by atoms with Gasteiger partial charge in [-0.25, -0.2) is 23.1 Å². The minimum absolute atomic E-state index is 0.213. The van der Waals surface area contributed by atoms with E-state index in [1.165, 1.54) is 23.3 Å². The average Bonchev–Trinajstić information content (AvgIpc) is 2.74. The van der Waals surface area contributed by atoms with Crippen LogP contribution in [0.4, 0.5) is 13.6 Å². The summed E-state index contributed by atoms with van der Waals surface area (Å²) in [5.41, 5.74) is 0. The highest BCUT2D eigenvalue weighted by atomic mass is 19.3. The molecule has 88 valence electrons. The van der Waals surface area contributed by atoms with E-state index in [1.807, 2.05) is 0 Å². The normalized spacial score (nSPS) is 20.6. The van der Waals surface area contributed by atoms with Gasteiger partial charge < -0.3 is 4.74 Å². The zero-order valence-electron chi connectivity index (χ0n) is 8.60. The summed E-state index contributed by atoms with van der Waals surface area (Å²) in [5.74, 6) is -2.60. The summed E-state index contributed by atoms with van der Waals surface area (Å²) >= 11 is 0. The molecule has 0 bridgehead atoms. The summed E-state index contributed by atoms with van der Waals surface area (Å²) in [4.78, 5) is 15.2. The van der Waals surface area contributed by atoms with Crippen molar-refractivity contribution >= 4 is 6.09 Å². The summed E-state index contributed by atoms with van der Waals surface area (Å²) < 4.78 is 31.9. The van der Waals surface area contributed by atoms with Crippen LogP contribution >= 0.6 is 0 Å². The monoisotopic (exact) mass is 230 g/mol. The molecule has 0 unspecified atom stereocenters. The maximum absolute atomic E-state index is 12.8. The standard InChI is InChI=1S/C10H12F2N2O2/c11-10(12)3-1-8(2-4-10)16-9(15)14-6-5-13-7-14/h5-8H,1-4H2. The van der Waals surface area contributed by atoms with Gasteiger partial charge in [0.15, 0.2) is 0 Å². The molecule has 0 amide bonds. The van der Waals surface area contributed by atoms with E-state index >= 15 is 0 Å². The molecule has 1 aliphatic rings. The van der Waals surface area contributed by atoms with Gasteiger partial charge >= 0.3 is 6.09 Å². The number of hydrogen-bond donors (Lipinski definition) is 0. The second-order valence-corrected chi connectivity index (χ2v) is 3.91. The van der Waals surface area contributed by atoms with E-state index in [2.05, 4.69) is 4.98 Å². The zero-order valence-corrected chi connectivity index (χ0v) is 8.60. The van der Waals surface area contributed by atoms with Crippen LogP contribution in [0.3, 0.4) is 0 Å². The van der Waals surface area contributed by atoms with Gasteiger partial charge in [0.2, 0.25) is 5.92 Å².